The van der Waals surface area contributed by atoms with Crippen LogP contribution in [0.1, 0.15) is 16.1 Å². The molecule has 9 nitrogen and oxygen atoms in total. The van der Waals surface area contributed by atoms with E-state index >= 15 is 0 Å². The van der Waals surface area contributed by atoms with Crippen molar-refractivity contribution in [2.24, 2.45) is 5.73 Å². The van der Waals surface area contributed by atoms with E-state index in [9.17, 15) is 13.2 Å². The molecule has 30 heavy (non-hydrogen) atoms. The number of rotatable bonds is 10. The summed E-state index contributed by atoms with van der Waals surface area (Å²) in [6, 6.07) is 12.4. The molecule has 1 aromatic heterocycles. The fourth-order valence-corrected chi connectivity index (χ4v) is 4.58. The number of aromatic nitrogens is 1. The molecule has 0 spiro atoms. The molecule has 160 valence electrons. The summed E-state index contributed by atoms with van der Waals surface area (Å²) in [6.07, 6.45) is 0. The van der Waals surface area contributed by atoms with Gasteiger partial charge in [-0.05, 0) is 35.9 Å². The van der Waals surface area contributed by atoms with Crippen LogP contribution in [-0.2, 0) is 21.5 Å². The molecule has 1 amide bonds. The predicted octanol–water partition coefficient (Wildman–Crippen LogP) is 2.04. The first-order valence-corrected chi connectivity index (χ1v) is 11.2. The summed E-state index contributed by atoms with van der Waals surface area (Å²) in [5.41, 5.74) is 9.32. The molecule has 0 radical (unpaired) electrons. The van der Waals surface area contributed by atoms with Crippen molar-refractivity contribution >= 4 is 42.8 Å². The van der Waals surface area contributed by atoms with E-state index in [0.717, 1.165) is 11.3 Å². The highest BCUT2D eigenvalue weighted by Crippen LogP contribution is 2.29. The van der Waals surface area contributed by atoms with Crippen LogP contribution < -0.4 is 20.7 Å². The number of ether oxygens (including phenoxy) is 1. The molecule has 3 aromatic rings. The molecule has 0 atom stereocenters. The van der Waals surface area contributed by atoms with Crippen molar-refractivity contribution in [3.8, 4) is 5.75 Å². The Kier molecular flexibility index (Phi) is 7.10. The van der Waals surface area contributed by atoms with Crippen molar-refractivity contribution in [3.05, 3.63) is 58.2 Å². The van der Waals surface area contributed by atoms with Gasteiger partial charge in [-0.15, -0.1) is 0 Å². The molecule has 3 rings (SSSR count). The lowest BCUT2D eigenvalue weighted by molar-refractivity contribution is 0.0295. The zero-order valence-corrected chi connectivity index (χ0v) is 18.5. The van der Waals surface area contributed by atoms with Gasteiger partial charge in [0.1, 0.15) is 16.3 Å². The van der Waals surface area contributed by atoms with Gasteiger partial charge in [-0.25, -0.2) is 18.6 Å². The SMILES string of the molecule is COc1ccc(CONCCNS(=O)(=O)c2c(C(N)=O)[nH]c3ccc(Br)cc23)cc1. The number of halogens is 1. The minimum atomic E-state index is -4.00. The average molecular weight is 497 g/mol. The van der Waals surface area contributed by atoms with Gasteiger partial charge in [0.15, 0.2) is 0 Å². The highest BCUT2D eigenvalue weighted by molar-refractivity contribution is 9.10. The summed E-state index contributed by atoms with van der Waals surface area (Å²) in [5.74, 6) is -0.107. The number of benzene rings is 2. The summed E-state index contributed by atoms with van der Waals surface area (Å²) < 4.78 is 33.9. The second-order valence-electron chi connectivity index (χ2n) is 6.31. The minimum Gasteiger partial charge on any atom is -0.497 e. The van der Waals surface area contributed by atoms with Crippen LogP contribution in [0.5, 0.6) is 5.75 Å². The molecule has 0 unspecified atom stereocenters. The molecule has 0 bridgehead atoms. The van der Waals surface area contributed by atoms with E-state index in [4.69, 9.17) is 15.3 Å². The van der Waals surface area contributed by atoms with Crippen LogP contribution >= 0.6 is 15.9 Å². The van der Waals surface area contributed by atoms with Gasteiger partial charge in [0.2, 0.25) is 10.0 Å². The normalized spacial score (nSPS) is 11.7. The Labute approximate surface area is 182 Å². The van der Waals surface area contributed by atoms with Gasteiger partial charge in [-0.2, -0.15) is 0 Å². The third-order valence-corrected chi connectivity index (χ3v) is 6.29. The van der Waals surface area contributed by atoms with Crippen LogP contribution in [0, 0.1) is 0 Å². The number of H-pyrrole nitrogens is 1. The van der Waals surface area contributed by atoms with Gasteiger partial charge in [-0.3, -0.25) is 9.63 Å². The second kappa shape index (κ2) is 9.58. The standard InChI is InChI=1S/C19H21BrN4O5S/c1-28-14-5-2-12(3-6-14)11-29-22-8-9-23-30(26,27)18-15-10-13(20)4-7-16(15)24-17(18)19(21)25/h2-7,10,22-24H,8-9,11H2,1H3,(H2,21,25). The highest BCUT2D eigenvalue weighted by Gasteiger charge is 2.26. The Hall–Kier alpha value is -2.44. The maximum atomic E-state index is 12.8. The maximum Gasteiger partial charge on any atom is 0.266 e. The third-order valence-electron chi connectivity index (χ3n) is 4.25. The van der Waals surface area contributed by atoms with Crippen molar-refractivity contribution in [3.63, 3.8) is 0 Å². The summed E-state index contributed by atoms with van der Waals surface area (Å²) in [6.45, 7) is 0.566. The number of hydroxylamine groups is 1. The van der Waals surface area contributed by atoms with Gasteiger partial charge < -0.3 is 15.5 Å². The Morgan fingerprint density at radius 3 is 2.57 bits per heavy atom. The molecule has 0 aliphatic rings. The first kappa shape index (κ1) is 22.2. The lowest BCUT2D eigenvalue weighted by atomic mass is 10.2. The number of methoxy groups -OCH3 is 1. The molecule has 1 heterocycles. The van der Waals surface area contributed by atoms with E-state index in [1.807, 2.05) is 24.3 Å². The number of carbonyl (C=O) groups is 1. The van der Waals surface area contributed by atoms with Crippen LogP contribution in [0.4, 0.5) is 0 Å². The molecule has 0 fully saturated rings. The third kappa shape index (κ3) is 5.18. The summed E-state index contributed by atoms with van der Waals surface area (Å²) >= 11 is 3.31. The van der Waals surface area contributed by atoms with E-state index in [-0.39, 0.29) is 23.7 Å². The van der Waals surface area contributed by atoms with Gasteiger partial charge in [0.25, 0.3) is 5.91 Å². The topological polar surface area (TPSA) is 136 Å². The van der Waals surface area contributed by atoms with E-state index in [1.165, 1.54) is 0 Å². The van der Waals surface area contributed by atoms with Crippen molar-refractivity contribution in [1.29, 1.82) is 0 Å². The lowest BCUT2D eigenvalue weighted by Gasteiger charge is -2.09. The van der Waals surface area contributed by atoms with Crippen molar-refractivity contribution in [2.45, 2.75) is 11.5 Å². The zero-order valence-electron chi connectivity index (χ0n) is 16.1. The number of fused-ring (bicyclic) bond motifs is 1. The Balaban J connectivity index is 1.59. The van der Waals surface area contributed by atoms with Crippen molar-refractivity contribution in [2.75, 3.05) is 20.2 Å². The monoisotopic (exact) mass is 496 g/mol. The first-order valence-electron chi connectivity index (χ1n) is 8.90. The lowest BCUT2D eigenvalue weighted by Crippen LogP contribution is -2.33. The molecular formula is C19H21BrN4O5S. The summed E-state index contributed by atoms with van der Waals surface area (Å²) in [5, 5.41) is 0.370. The Morgan fingerprint density at radius 1 is 1.17 bits per heavy atom. The number of aromatic amines is 1. The molecule has 0 saturated carbocycles. The van der Waals surface area contributed by atoms with Crippen LogP contribution in [-0.4, -0.2) is 39.5 Å². The van der Waals surface area contributed by atoms with Gasteiger partial charge in [-0.1, -0.05) is 28.1 Å². The smallest absolute Gasteiger partial charge is 0.266 e. The number of hydrogen-bond donors (Lipinski definition) is 4. The highest BCUT2D eigenvalue weighted by atomic mass is 79.9. The fourth-order valence-electron chi connectivity index (χ4n) is 2.83. The Bertz CT molecular complexity index is 1150. The predicted molar refractivity (Wildman–Crippen MR) is 115 cm³/mol. The number of nitrogens with two attached hydrogens (primary N) is 1. The van der Waals surface area contributed by atoms with E-state index in [0.29, 0.717) is 22.0 Å². The van der Waals surface area contributed by atoms with E-state index < -0.39 is 15.9 Å². The molecule has 0 aliphatic carbocycles. The van der Waals surface area contributed by atoms with Crippen LogP contribution in [0.3, 0.4) is 0 Å². The van der Waals surface area contributed by atoms with Gasteiger partial charge >= 0.3 is 0 Å². The summed E-state index contributed by atoms with van der Waals surface area (Å²) in [4.78, 5) is 19.7. The van der Waals surface area contributed by atoms with Crippen LogP contribution in [0.25, 0.3) is 10.9 Å². The number of nitrogens with one attached hydrogen (secondary N) is 3. The molecule has 0 saturated heterocycles. The van der Waals surface area contributed by atoms with E-state index in [2.05, 4.69) is 31.1 Å². The molecule has 5 N–H and O–H groups in total. The van der Waals surface area contributed by atoms with Crippen LogP contribution in [0.2, 0.25) is 0 Å². The molecule has 11 heteroatoms. The Morgan fingerprint density at radius 2 is 1.90 bits per heavy atom. The number of primary amides is 1. The fraction of sp³-hybridized carbons (Fsp3) is 0.211. The number of amides is 1. The molecular weight excluding hydrogens is 476 g/mol. The van der Waals surface area contributed by atoms with Gasteiger partial charge in [0.05, 0.1) is 13.7 Å². The molecule has 2 aromatic carbocycles. The van der Waals surface area contributed by atoms with Crippen LogP contribution in [0.15, 0.2) is 51.8 Å². The number of hydrogen-bond acceptors (Lipinski definition) is 6. The quantitative estimate of drug-likeness (QED) is 0.250. The number of carbonyl (C=O) groups excluding carboxylic acids is 1. The van der Waals surface area contributed by atoms with Crippen molar-refractivity contribution in [1.82, 2.24) is 15.2 Å². The largest absolute Gasteiger partial charge is 0.497 e. The first-order chi connectivity index (χ1) is 14.3. The summed E-state index contributed by atoms with van der Waals surface area (Å²) in [7, 11) is -2.40. The maximum absolute atomic E-state index is 12.8. The van der Waals surface area contributed by atoms with E-state index in [1.54, 1.807) is 25.3 Å². The van der Waals surface area contributed by atoms with Gasteiger partial charge in [0, 0.05) is 28.5 Å². The second-order valence-corrected chi connectivity index (χ2v) is 8.93. The van der Waals surface area contributed by atoms with Crippen molar-refractivity contribution < 1.29 is 22.8 Å². The minimum absolute atomic E-state index is 0.0455. The zero-order chi connectivity index (χ0) is 21.7. The number of sulfonamides is 1. The average Bonchev–Trinajstić information content (AvgIpc) is 3.11. The molecule has 0 aliphatic heterocycles.